The zero-order chi connectivity index (χ0) is 18.8. The van der Waals surface area contributed by atoms with Gasteiger partial charge in [0.15, 0.2) is 12.4 Å². The average Bonchev–Trinajstić information content (AvgIpc) is 2.87. The molecule has 0 N–H and O–H groups in total. The van der Waals surface area contributed by atoms with Crippen LogP contribution in [0.15, 0.2) is 42.5 Å². The zero-order valence-corrected chi connectivity index (χ0v) is 14.7. The molecule has 0 radical (unpaired) electrons. The molecule has 1 aliphatic rings. The predicted molar refractivity (Wildman–Crippen MR) is 93.6 cm³/mol. The van der Waals surface area contributed by atoms with Crippen molar-refractivity contribution in [1.29, 1.82) is 0 Å². The Morgan fingerprint density at radius 2 is 1.54 bits per heavy atom. The molecule has 0 bridgehead atoms. The van der Waals surface area contributed by atoms with Gasteiger partial charge in [-0.05, 0) is 30.3 Å². The van der Waals surface area contributed by atoms with Crippen LogP contribution in [0, 0.1) is 0 Å². The molecule has 2 aromatic rings. The lowest BCUT2D eigenvalue weighted by Crippen LogP contribution is -2.36. The van der Waals surface area contributed by atoms with Crippen molar-refractivity contribution >= 4 is 46.8 Å². The van der Waals surface area contributed by atoms with Gasteiger partial charge in [0, 0.05) is 5.56 Å². The number of esters is 1. The largest absolute Gasteiger partial charge is 0.456 e. The molecular weight excluding hydrogens is 381 g/mol. The van der Waals surface area contributed by atoms with Gasteiger partial charge in [0.25, 0.3) is 11.8 Å². The van der Waals surface area contributed by atoms with Crippen LogP contribution in [0.3, 0.4) is 0 Å². The van der Waals surface area contributed by atoms with E-state index >= 15 is 0 Å². The van der Waals surface area contributed by atoms with Crippen molar-refractivity contribution in [3.05, 3.63) is 69.2 Å². The maximum atomic E-state index is 12.2. The molecule has 0 unspecified atom stereocenters. The Bertz CT molecular complexity index is 906. The number of ketones is 1. The first kappa shape index (κ1) is 18.1. The molecule has 8 heteroatoms. The highest BCUT2D eigenvalue weighted by Gasteiger charge is 2.36. The number of benzene rings is 2. The topological polar surface area (TPSA) is 80.8 Å². The van der Waals surface area contributed by atoms with Gasteiger partial charge in [-0.1, -0.05) is 35.3 Å². The van der Waals surface area contributed by atoms with Crippen LogP contribution in [0.1, 0.15) is 31.1 Å². The van der Waals surface area contributed by atoms with Crippen molar-refractivity contribution in [3.63, 3.8) is 0 Å². The predicted octanol–water partition coefficient (Wildman–Crippen LogP) is 3.02. The van der Waals surface area contributed by atoms with Crippen LogP contribution in [0.2, 0.25) is 10.0 Å². The second-order valence-electron chi connectivity index (χ2n) is 5.45. The van der Waals surface area contributed by atoms with Crippen LogP contribution in [-0.4, -0.2) is 41.6 Å². The van der Waals surface area contributed by atoms with E-state index in [2.05, 4.69) is 0 Å². The molecular formula is C18H11Cl2NO5. The van der Waals surface area contributed by atoms with Gasteiger partial charge in [-0.3, -0.25) is 24.1 Å². The zero-order valence-electron chi connectivity index (χ0n) is 13.2. The second kappa shape index (κ2) is 7.27. The quantitative estimate of drug-likeness (QED) is 0.444. The van der Waals surface area contributed by atoms with Crippen molar-refractivity contribution in [1.82, 2.24) is 4.90 Å². The molecule has 0 saturated carbocycles. The van der Waals surface area contributed by atoms with E-state index in [4.69, 9.17) is 27.9 Å². The molecule has 0 saturated heterocycles. The third-order valence-corrected chi connectivity index (χ3v) is 4.51. The SMILES string of the molecule is O=C(CN1C(=O)c2ccccc2C1=O)OCC(=O)c1ccc(Cl)c(Cl)c1. The third-order valence-electron chi connectivity index (χ3n) is 3.77. The minimum absolute atomic E-state index is 0.204. The minimum atomic E-state index is -0.868. The van der Waals surface area contributed by atoms with Crippen molar-refractivity contribution < 1.29 is 23.9 Å². The Morgan fingerprint density at radius 3 is 2.12 bits per heavy atom. The normalized spacial score (nSPS) is 12.9. The summed E-state index contributed by atoms with van der Waals surface area (Å²) >= 11 is 11.6. The number of halogens is 2. The minimum Gasteiger partial charge on any atom is -0.456 e. The fourth-order valence-electron chi connectivity index (χ4n) is 2.46. The van der Waals surface area contributed by atoms with Gasteiger partial charge in [-0.15, -0.1) is 0 Å². The van der Waals surface area contributed by atoms with E-state index in [0.717, 1.165) is 4.90 Å². The molecule has 2 aromatic carbocycles. The number of carbonyl (C=O) groups excluding carboxylic acids is 4. The third kappa shape index (κ3) is 3.47. The first-order valence-corrected chi connectivity index (χ1v) is 8.23. The van der Waals surface area contributed by atoms with Crippen LogP contribution >= 0.6 is 23.2 Å². The summed E-state index contributed by atoms with van der Waals surface area (Å²) in [7, 11) is 0. The molecule has 0 aromatic heterocycles. The summed E-state index contributed by atoms with van der Waals surface area (Å²) in [6.07, 6.45) is 0. The number of nitrogens with zero attached hydrogens (tertiary/aromatic N) is 1. The number of ether oxygens (including phenoxy) is 1. The molecule has 0 spiro atoms. The number of imide groups is 1. The van der Waals surface area contributed by atoms with Crippen LogP contribution in [0.25, 0.3) is 0 Å². The van der Waals surface area contributed by atoms with Crippen molar-refractivity contribution in [2.75, 3.05) is 13.2 Å². The molecule has 6 nitrogen and oxygen atoms in total. The monoisotopic (exact) mass is 391 g/mol. The van der Waals surface area contributed by atoms with Crippen LogP contribution in [0.5, 0.6) is 0 Å². The van der Waals surface area contributed by atoms with Gasteiger partial charge < -0.3 is 4.74 Å². The second-order valence-corrected chi connectivity index (χ2v) is 6.27. The lowest BCUT2D eigenvalue weighted by molar-refractivity contribution is -0.142. The van der Waals surface area contributed by atoms with E-state index < -0.39 is 36.7 Å². The van der Waals surface area contributed by atoms with Crippen molar-refractivity contribution in [3.8, 4) is 0 Å². The number of amides is 2. The van der Waals surface area contributed by atoms with E-state index in [1.807, 2.05) is 0 Å². The van der Waals surface area contributed by atoms with Crippen molar-refractivity contribution in [2.45, 2.75) is 0 Å². The number of fused-ring (bicyclic) bond motifs is 1. The maximum Gasteiger partial charge on any atom is 0.326 e. The van der Waals surface area contributed by atoms with Gasteiger partial charge in [-0.25, -0.2) is 0 Å². The van der Waals surface area contributed by atoms with Crippen LogP contribution in [-0.2, 0) is 9.53 Å². The smallest absolute Gasteiger partial charge is 0.326 e. The van der Waals surface area contributed by atoms with Crippen LogP contribution in [0.4, 0.5) is 0 Å². The molecule has 0 aliphatic carbocycles. The number of Topliss-reactive ketones (excluding diaryl/α,β-unsaturated/α-hetero) is 1. The molecule has 26 heavy (non-hydrogen) atoms. The molecule has 1 aliphatic heterocycles. The van der Waals surface area contributed by atoms with Gasteiger partial charge >= 0.3 is 5.97 Å². The average molecular weight is 392 g/mol. The summed E-state index contributed by atoms with van der Waals surface area (Å²) in [5, 5.41) is 0.501. The lowest BCUT2D eigenvalue weighted by Gasteiger charge is -2.12. The molecule has 0 fully saturated rings. The summed E-state index contributed by atoms with van der Waals surface area (Å²) in [4.78, 5) is 49.1. The van der Waals surface area contributed by atoms with E-state index in [1.165, 1.54) is 30.3 Å². The molecule has 0 atom stereocenters. The number of hydrogen-bond acceptors (Lipinski definition) is 5. The summed E-state index contributed by atoms with van der Waals surface area (Å²) in [5.74, 6) is -2.50. The molecule has 3 rings (SSSR count). The number of carbonyl (C=O) groups is 4. The Balaban J connectivity index is 1.60. The summed E-state index contributed by atoms with van der Waals surface area (Å²) in [6.45, 7) is -1.11. The fourth-order valence-corrected chi connectivity index (χ4v) is 2.75. The van der Waals surface area contributed by atoms with Gasteiger partial charge in [0.2, 0.25) is 0 Å². The maximum absolute atomic E-state index is 12.2. The molecule has 1 heterocycles. The Hall–Kier alpha value is -2.70. The van der Waals surface area contributed by atoms with E-state index in [9.17, 15) is 19.2 Å². The van der Waals surface area contributed by atoms with E-state index in [0.29, 0.717) is 5.02 Å². The van der Waals surface area contributed by atoms with E-state index in [-0.39, 0.29) is 21.7 Å². The van der Waals surface area contributed by atoms with E-state index in [1.54, 1.807) is 12.1 Å². The molecule has 132 valence electrons. The highest BCUT2D eigenvalue weighted by molar-refractivity contribution is 6.42. The number of hydrogen-bond donors (Lipinski definition) is 0. The van der Waals surface area contributed by atoms with Crippen LogP contribution < -0.4 is 0 Å². The van der Waals surface area contributed by atoms with Gasteiger partial charge in [-0.2, -0.15) is 0 Å². The highest BCUT2D eigenvalue weighted by atomic mass is 35.5. The first-order chi connectivity index (χ1) is 12.4. The number of rotatable bonds is 5. The Labute approximate surface area is 158 Å². The Kier molecular flexibility index (Phi) is 5.06. The lowest BCUT2D eigenvalue weighted by atomic mass is 10.1. The van der Waals surface area contributed by atoms with Gasteiger partial charge in [0.05, 0.1) is 21.2 Å². The first-order valence-electron chi connectivity index (χ1n) is 7.47. The van der Waals surface area contributed by atoms with Gasteiger partial charge in [0.1, 0.15) is 6.54 Å². The summed E-state index contributed by atoms with van der Waals surface area (Å²) in [6, 6.07) is 10.5. The summed E-state index contributed by atoms with van der Waals surface area (Å²) < 4.78 is 4.88. The highest BCUT2D eigenvalue weighted by Crippen LogP contribution is 2.23. The standard InChI is InChI=1S/C18H11Cl2NO5/c19-13-6-5-10(7-14(13)20)15(22)9-26-16(23)8-21-17(24)11-3-1-2-4-12(11)18(21)25/h1-7H,8-9H2. The van der Waals surface area contributed by atoms with Crippen molar-refractivity contribution in [2.24, 2.45) is 0 Å². The Morgan fingerprint density at radius 1 is 0.923 bits per heavy atom. The molecule has 2 amide bonds. The fraction of sp³-hybridized carbons (Fsp3) is 0.111. The summed E-state index contributed by atoms with van der Waals surface area (Å²) in [5.41, 5.74) is 0.697.